The summed E-state index contributed by atoms with van der Waals surface area (Å²) >= 11 is 0. The third-order valence-corrected chi connectivity index (χ3v) is 12.9. The van der Waals surface area contributed by atoms with E-state index in [0.717, 1.165) is 54.6 Å². The summed E-state index contributed by atoms with van der Waals surface area (Å²) in [6.45, 7) is 9.15. The number of aryl methyl sites for hydroxylation is 2. The van der Waals surface area contributed by atoms with Gasteiger partial charge >= 0.3 is 0 Å². The Hall–Kier alpha value is -2.74. The zero-order valence-electron chi connectivity index (χ0n) is 39.4. The number of nitrogens with zero attached hydrogens (tertiary/aromatic N) is 2. The van der Waals surface area contributed by atoms with Gasteiger partial charge < -0.3 is 5.53 Å². The molecule has 0 saturated carbocycles. The fraction of sp³-hybridized carbons (Fsp3) is 0.684. The summed E-state index contributed by atoms with van der Waals surface area (Å²) in [7, 11) is 0. The van der Waals surface area contributed by atoms with Gasteiger partial charge in [-0.2, -0.15) is 0 Å². The number of hydrogen-bond donors (Lipinski definition) is 0. The second kappa shape index (κ2) is 33.9. The molecule has 2 nitrogen and oxygen atoms in total. The van der Waals surface area contributed by atoms with Crippen LogP contribution in [0.2, 0.25) is 0 Å². The maximum Gasteiger partial charge on any atom is 0.215 e. The van der Waals surface area contributed by atoms with Gasteiger partial charge in [0.25, 0.3) is 0 Å². The largest absolute Gasteiger partial charge is 0.493 e. The molecule has 0 aromatic heterocycles. The Balaban J connectivity index is 1.52. The molecular formula is C57H92N2. The lowest BCUT2D eigenvalue weighted by atomic mass is 9.93. The molecule has 0 bridgehead atoms. The van der Waals surface area contributed by atoms with E-state index in [9.17, 15) is 5.53 Å². The molecular weight excluding hydrogens is 713 g/mol. The van der Waals surface area contributed by atoms with Crippen LogP contribution in [-0.2, 0) is 12.8 Å². The minimum atomic E-state index is 0.967. The third kappa shape index (κ3) is 21.1. The minimum Gasteiger partial charge on any atom is -0.493 e. The molecule has 0 radical (unpaired) electrons. The molecule has 2 heteroatoms. The first kappa shape index (κ1) is 50.6. The van der Waals surface area contributed by atoms with E-state index >= 15 is 0 Å². The summed E-state index contributed by atoms with van der Waals surface area (Å²) in [5, 5.41) is 0. The van der Waals surface area contributed by atoms with Crippen molar-refractivity contribution >= 4 is 11.4 Å². The molecule has 3 rings (SSSR count). The summed E-state index contributed by atoms with van der Waals surface area (Å²) in [5.41, 5.74) is 21.8. The zero-order valence-corrected chi connectivity index (χ0v) is 39.4. The van der Waals surface area contributed by atoms with E-state index in [0.29, 0.717) is 0 Å². The van der Waals surface area contributed by atoms with Crippen LogP contribution in [-0.4, -0.2) is 4.70 Å². The van der Waals surface area contributed by atoms with Crippen molar-refractivity contribution < 1.29 is 4.70 Å². The van der Waals surface area contributed by atoms with Crippen molar-refractivity contribution in [2.45, 2.75) is 252 Å². The Kier molecular flexibility index (Phi) is 29.1. The molecule has 1 heterocycles. The average Bonchev–Trinajstić information content (AvgIpc) is 3.53. The van der Waals surface area contributed by atoms with Crippen molar-refractivity contribution in [3.05, 3.63) is 99.6 Å². The molecule has 0 unspecified atom stereocenters. The van der Waals surface area contributed by atoms with Crippen molar-refractivity contribution in [1.82, 2.24) is 0 Å². The van der Waals surface area contributed by atoms with Crippen molar-refractivity contribution in [1.29, 1.82) is 0 Å². The van der Waals surface area contributed by atoms with Crippen molar-refractivity contribution in [2.24, 2.45) is 0 Å². The molecule has 1 aliphatic heterocycles. The molecule has 1 aliphatic rings. The zero-order chi connectivity index (χ0) is 42.0. The highest BCUT2D eigenvalue weighted by molar-refractivity contribution is 5.84. The highest BCUT2D eigenvalue weighted by atomic mass is 15.2. The Labute approximate surface area is 366 Å². The van der Waals surface area contributed by atoms with Crippen LogP contribution in [0.15, 0.2) is 71.8 Å². The molecule has 330 valence electrons. The van der Waals surface area contributed by atoms with Gasteiger partial charge in [0.05, 0.1) is 5.57 Å². The van der Waals surface area contributed by atoms with E-state index in [1.165, 1.54) is 215 Å². The van der Waals surface area contributed by atoms with Gasteiger partial charge in [-0.1, -0.05) is 237 Å². The molecule has 59 heavy (non-hydrogen) atoms. The second-order valence-electron chi connectivity index (χ2n) is 18.3. The quantitative estimate of drug-likeness (QED) is 0.0477. The van der Waals surface area contributed by atoms with Gasteiger partial charge in [-0.3, -0.25) is 0 Å². The maximum atomic E-state index is 12.3. The Morgan fingerprint density at radius 2 is 0.763 bits per heavy atom. The van der Waals surface area contributed by atoms with Crippen LogP contribution in [0.4, 0.5) is 0 Å². The van der Waals surface area contributed by atoms with Gasteiger partial charge in [-0.25, -0.2) is 4.70 Å². The monoisotopic (exact) mass is 805 g/mol. The first-order valence-corrected chi connectivity index (χ1v) is 26.0. The summed E-state index contributed by atoms with van der Waals surface area (Å²) in [5.74, 6) is 0. The first-order chi connectivity index (χ1) is 29.1. The standard InChI is InChI=1S/C57H92N2/c1-5-9-13-15-16-17-18-19-20-21-22-23-24-25-26-27-28-29-30-31-32-33-37-47-55-54(46-36-14-10-6-2)56(52-44-38-42-50(48-52)40-34-11-7-3)59(58)57(55)53-45-39-43-51(49-53)41-35-12-8-4/h37-39,42-45,47-49H,5-36,40-41,46H2,1-4H3. The van der Waals surface area contributed by atoms with Crippen LogP contribution < -0.4 is 0 Å². The van der Waals surface area contributed by atoms with E-state index < -0.39 is 0 Å². The topological polar surface area (TPSA) is 25.3 Å². The molecule has 0 saturated heterocycles. The van der Waals surface area contributed by atoms with E-state index in [-0.39, 0.29) is 0 Å². The van der Waals surface area contributed by atoms with Gasteiger partial charge in [0.2, 0.25) is 11.4 Å². The molecule has 2 aromatic carbocycles. The summed E-state index contributed by atoms with van der Waals surface area (Å²) < 4.78 is 1.57. The van der Waals surface area contributed by atoms with E-state index in [4.69, 9.17) is 0 Å². The third-order valence-electron chi connectivity index (χ3n) is 12.9. The van der Waals surface area contributed by atoms with Crippen molar-refractivity contribution in [3.8, 4) is 0 Å². The van der Waals surface area contributed by atoms with Gasteiger partial charge in [0, 0.05) is 16.7 Å². The smallest absolute Gasteiger partial charge is 0.215 e. The second-order valence-corrected chi connectivity index (χ2v) is 18.3. The highest BCUT2D eigenvalue weighted by Crippen LogP contribution is 2.43. The number of unbranched alkanes of at least 4 members (excludes halogenated alkanes) is 28. The van der Waals surface area contributed by atoms with Crippen LogP contribution in [0, 0.1) is 0 Å². The molecule has 0 spiro atoms. The van der Waals surface area contributed by atoms with Crippen LogP contribution in [0.1, 0.15) is 262 Å². The van der Waals surface area contributed by atoms with Crippen LogP contribution in [0.5, 0.6) is 0 Å². The normalized spacial score (nSPS) is 13.3. The average molecular weight is 805 g/mol. The highest BCUT2D eigenvalue weighted by Gasteiger charge is 2.34. The fourth-order valence-corrected chi connectivity index (χ4v) is 9.16. The van der Waals surface area contributed by atoms with Gasteiger partial charge in [0.15, 0.2) is 0 Å². The molecule has 0 amide bonds. The molecule has 0 aliphatic carbocycles. The summed E-state index contributed by atoms with van der Waals surface area (Å²) in [6.07, 6.45) is 51.2. The Morgan fingerprint density at radius 3 is 1.20 bits per heavy atom. The Morgan fingerprint density at radius 1 is 0.407 bits per heavy atom. The lowest BCUT2D eigenvalue weighted by Crippen LogP contribution is -2.03. The summed E-state index contributed by atoms with van der Waals surface area (Å²) in [4.78, 5) is 0. The summed E-state index contributed by atoms with van der Waals surface area (Å²) in [6, 6.07) is 18.1. The number of rotatable bonds is 38. The van der Waals surface area contributed by atoms with E-state index in [1.54, 1.807) is 4.70 Å². The van der Waals surface area contributed by atoms with Gasteiger partial charge in [0.1, 0.15) is 0 Å². The molecule has 0 fully saturated rings. The maximum absolute atomic E-state index is 12.3. The van der Waals surface area contributed by atoms with E-state index in [1.807, 2.05) is 0 Å². The first-order valence-electron chi connectivity index (χ1n) is 26.0. The number of hydrogen-bond acceptors (Lipinski definition) is 0. The van der Waals surface area contributed by atoms with E-state index in [2.05, 4.69) is 88.4 Å². The SMILES string of the molecule is CCCCCCCCCCCCCCCCCCCCCCCC=CC1=C(c2cccc(CCCCC)c2)[N+](=[N-])C(c2cccc(CCCCC)c2)=C1CCCCCC. The Bertz CT molecular complexity index is 1470. The predicted molar refractivity (Wildman–Crippen MR) is 262 cm³/mol. The van der Waals surface area contributed by atoms with Gasteiger partial charge in [-0.05, 0) is 86.8 Å². The number of benzene rings is 2. The fourth-order valence-electron chi connectivity index (χ4n) is 9.16. The van der Waals surface area contributed by atoms with Crippen LogP contribution in [0.3, 0.4) is 0 Å². The predicted octanol–water partition coefficient (Wildman–Crippen LogP) is 19.5. The van der Waals surface area contributed by atoms with Crippen molar-refractivity contribution in [2.75, 3.05) is 0 Å². The van der Waals surface area contributed by atoms with Crippen molar-refractivity contribution in [3.63, 3.8) is 0 Å². The van der Waals surface area contributed by atoms with Crippen LogP contribution >= 0.6 is 0 Å². The lowest BCUT2D eigenvalue weighted by molar-refractivity contribution is -0.345. The molecule has 0 N–H and O–H groups in total. The lowest BCUT2D eigenvalue weighted by Gasteiger charge is -2.11. The van der Waals surface area contributed by atoms with Gasteiger partial charge in [-0.15, -0.1) is 0 Å². The number of allylic oxidation sites excluding steroid dienone is 4. The van der Waals surface area contributed by atoms with Crippen LogP contribution in [0.25, 0.3) is 16.9 Å². The minimum absolute atomic E-state index is 0.967. The molecule has 2 aromatic rings. The molecule has 0 atom stereocenters.